The van der Waals surface area contributed by atoms with Crippen LogP contribution in [0.15, 0.2) is 48.5 Å². The Morgan fingerprint density at radius 3 is 2.77 bits per heavy atom. The molecule has 0 spiro atoms. The lowest BCUT2D eigenvalue weighted by Crippen LogP contribution is -2.47. The number of ether oxygens (including phenoxy) is 1. The topological polar surface area (TPSA) is 50.4 Å². The molecule has 2 N–H and O–H groups in total. The minimum Gasteiger partial charge on any atom is -0.491 e. The van der Waals surface area contributed by atoms with Crippen LogP contribution in [0.5, 0.6) is 5.75 Å². The molecule has 0 aliphatic carbocycles. The molecule has 114 valence electrons. The fourth-order valence-electron chi connectivity index (χ4n) is 2.44. The summed E-state index contributed by atoms with van der Waals surface area (Å²) in [5, 5.41) is 5.65. The van der Waals surface area contributed by atoms with Crippen LogP contribution in [-0.2, 0) is 13.0 Å². The summed E-state index contributed by atoms with van der Waals surface area (Å²) in [6, 6.07) is 13.6. The molecule has 1 aliphatic rings. The summed E-state index contributed by atoms with van der Waals surface area (Å²) < 4.78 is 18.4. The van der Waals surface area contributed by atoms with Gasteiger partial charge in [-0.3, -0.25) is 0 Å². The largest absolute Gasteiger partial charge is 0.491 e. The molecule has 2 aromatic carbocycles. The Bertz CT molecular complexity index is 658. The zero-order valence-corrected chi connectivity index (χ0v) is 12.0. The van der Waals surface area contributed by atoms with Gasteiger partial charge in [-0.05, 0) is 35.7 Å². The number of nitrogens with one attached hydrogen (secondary N) is 2. The summed E-state index contributed by atoms with van der Waals surface area (Å²) >= 11 is 0. The second kappa shape index (κ2) is 6.47. The van der Waals surface area contributed by atoms with Gasteiger partial charge in [0.25, 0.3) is 0 Å². The smallest absolute Gasteiger partial charge is 0.315 e. The normalized spacial score (nSPS) is 16.3. The molecule has 2 aromatic rings. The Morgan fingerprint density at radius 2 is 1.95 bits per heavy atom. The van der Waals surface area contributed by atoms with E-state index in [-0.39, 0.29) is 17.9 Å². The number of para-hydroxylation sites is 1. The highest BCUT2D eigenvalue weighted by atomic mass is 19.1. The molecule has 3 rings (SSSR count). The minimum atomic E-state index is -0.286. The first-order chi connectivity index (χ1) is 10.7. The van der Waals surface area contributed by atoms with Gasteiger partial charge in [0.2, 0.25) is 0 Å². The maximum Gasteiger partial charge on any atom is 0.315 e. The van der Waals surface area contributed by atoms with Crippen molar-refractivity contribution in [3.8, 4) is 5.75 Å². The first kappa shape index (κ1) is 14.4. The third-order valence-electron chi connectivity index (χ3n) is 3.58. The zero-order chi connectivity index (χ0) is 15.4. The SMILES string of the molecule is O=C(NCc1ccc(F)cc1)NC1COc2ccccc2C1. The molecule has 0 radical (unpaired) electrons. The number of carbonyl (C=O) groups excluding carboxylic acids is 1. The van der Waals surface area contributed by atoms with Crippen LogP contribution in [0, 0.1) is 5.82 Å². The van der Waals surface area contributed by atoms with Crippen LogP contribution in [0.2, 0.25) is 0 Å². The summed E-state index contributed by atoms with van der Waals surface area (Å²) in [5.74, 6) is 0.596. The van der Waals surface area contributed by atoms with Crippen molar-refractivity contribution < 1.29 is 13.9 Å². The standard InChI is InChI=1S/C17H17FN2O2/c18-14-7-5-12(6-8-14)10-19-17(21)20-15-9-13-3-1-2-4-16(13)22-11-15/h1-8,15H,9-11H2,(H2,19,20,21). The van der Waals surface area contributed by atoms with Gasteiger partial charge in [-0.15, -0.1) is 0 Å². The molecule has 1 aliphatic heterocycles. The van der Waals surface area contributed by atoms with Crippen molar-refractivity contribution in [2.75, 3.05) is 6.61 Å². The third kappa shape index (κ3) is 3.55. The number of fused-ring (bicyclic) bond motifs is 1. The third-order valence-corrected chi connectivity index (χ3v) is 3.58. The van der Waals surface area contributed by atoms with Crippen molar-refractivity contribution in [1.29, 1.82) is 0 Å². The van der Waals surface area contributed by atoms with Crippen molar-refractivity contribution in [3.63, 3.8) is 0 Å². The van der Waals surface area contributed by atoms with E-state index in [4.69, 9.17) is 4.74 Å². The van der Waals surface area contributed by atoms with Crippen molar-refractivity contribution in [2.24, 2.45) is 0 Å². The van der Waals surface area contributed by atoms with Gasteiger partial charge in [0.15, 0.2) is 0 Å². The van der Waals surface area contributed by atoms with E-state index in [2.05, 4.69) is 10.6 Å². The molecule has 0 saturated heterocycles. The van der Waals surface area contributed by atoms with Crippen molar-refractivity contribution in [1.82, 2.24) is 10.6 Å². The zero-order valence-electron chi connectivity index (χ0n) is 12.0. The van der Waals surface area contributed by atoms with Crippen LogP contribution < -0.4 is 15.4 Å². The molecule has 0 fully saturated rings. The van der Waals surface area contributed by atoms with Gasteiger partial charge >= 0.3 is 6.03 Å². The lowest BCUT2D eigenvalue weighted by molar-refractivity contribution is 0.214. The van der Waals surface area contributed by atoms with Crippen LogP contribution >= 0.6 is 0 Å². The summed E-state index contributed by atoms with van der Waals surface area (Å²) in [4.78, 5) is 11.9. The van der Waals surface area contributed by atoms with Crippen LogP contribution in [0.4, 0.5) is 9.18 Å². The van der Waals surface area contributed by atoms with E-state index in [1.165, 1.54) is 12.1 Å². The molecule has 2 amide bonds. The molecular weight excluding hydrogens is 283 g/mol. The number of rotatable bonds is 3. The highest BCUT2D eigenvalue weighted by molar-refractivity contribution is 5.74. The lowest BCUT2D eigenvalue weighted by atomic mass is 10.0. The van der Waals surface area contributed by atoms with E-state index < -0.39 is 0 Å². The number of hydrogen-bond acceptors (Lipinski definition) is 2. The van der Waals surface area contributed by atoms with Gasteiger partial charge in [0.05, 0.1) is 6.04 Å². The van der Waals surface area contributed by atoms with Crippen molar-refractivity contribution >= 4 is 6.03 Å². The van der Waals surface area contributed by atoms with Crippen molar-refractivity contribution in [3.05, 3.63) is 65.5 Å². The molecule has 5 heteroatoms. The molecule has 1 unspecified atom stereocenters. The van der Waals surface area contributed by atoms with E-state index in [0.29, 0.717) is 13.2 Å². The molecule has 4 nitrogen and oxygen atoms in total. The Hall–Kier alpha value is -2.56. The highest BCUT2D eigenvalue weighted by Gasteiger charge is 2.20. The minimum absolute atomic E-state index is 0.0527. The van der Waals surface area contributed by atoms with E-state index in [0.717, 1.165) is 23.3 Å². The fourth-order valence-corrected chi connectivity index (χ4v) is 2.44. The summed E-state index contributed by atoms with van der Waals surface area (Å²) in [5.41, 5.74) is 1.94. The van der Waals surface area contributed by atoms with Gasteiger partial charge in [-0.2, -0.15) is 0 Å². The monoisotopic (exact) mass is 300 g/mol. The maximum atomic E-state index is 12.8. The van der Waals surface area contributed by atoms with Crippen LogP contribution in [0.1, 0.15) is 11.1 Å². The first-order valence-electron chi connectivity index (χ1n) is 7.20. The Kier molecular flexibility index (Phi) is 4.23. The van der Waals surface area contributed by atoms with E-state index >= 15 is 0 Å². The molecule has 22 heavy (non-hydrogen) atoms. The number of carbonyl (C=O) groups is 1. The van der Waals surface area contributed by atoms with E-state index in [1.54, 1.807) is 12.1 Å². The molecule has 1 atom stereocenters. The van der Waals surface area contributed by atoms with Gasteiger partial charge < -0.3 is 15.4 Å². The average Bonchev–Trinajstić information content (AvgIpc) is 2.54. The molecule has 0 aromatic heterocycles. The number of halogens is 1. The predicted molar refractivity (Wildman–Crippen MR) is 81.2 cm³/mol. The molecule has 1 heterocycles. The quantitative estimate of drug-likeness (QED) is 0.915. The fraction of sp³-hybridized carbons (Fsp3) is 0.235. The number of urea groups is 1. The van der Waals surface area contributed by atoms with Gasteiger partial charge in [-0.25, -0.2) is 9.18 Å². The van der Waals surface area contributed by atoms with Crippen LogP contribution in [0.3, 0.4) is 0 Å². The highest BCUT2D eigenvalue weighted by Crippen LogP contribution is 2.23. The molecule has 0 saturated carbocycles. The average molecular weight is 300 g/mol. The maximum absolute atomic E-state index is 12.8. The van der Waals surface area contributed by atoms with Gasteiger partial charge in [0.1, 0.15) is 18.2 Å². The second-order valence-electron chi connectivity index (χ2n) is 5.27. The Morgan fingerprint density at radius 1 is 1.18 bits per heavy atom. The summed E-state index contributed by atoms with van der Waals surface area (Å²) in [7, 11) is 0. The first-order valence-corrected chi connectivity index (χ1v) is 7.20. The Labute approximate surface area is 128 Å². The van der Waals surface area contributed by atoms with Crippen LogP contribution in [0.25, 0.3) is 0 Å². The molecule has 0 bridgehead atoms. The lowest BCUT2D eigenvalue weighted by Gasteiger charge is -2.26. The van der Waals surface area contributed by atoms with Gasteiger partial charge in [0, 0.05) is 6.54 Å². The Balaban J connectivity index is 1.49. The number of amides is 2. The van der Waals surface area contributed by atoms with Gasteiger partial charge in [-0.1, -0.05) is 30.3 Å². The summed E-state index contributed by atoms with van der Waals surface area (Å²) in [6.07, 6.45) is 0.750. The predicted octanol–water partition coefficient (Wildman–Crippen LogP) is 2.63. The van der Waals surface area contributed by atoms with E-state index in [9.17, 15) is 9.18 Å². The molecular formula is C17H17FN2O2. The number of hydrogen-bond donors (Lipinski definition) is 2. The second-order valence-corrected chi connectivity index (χ2v) is 5.27. The number of benzene rings is 2. The summed E-state index contributed by atoms with van der Waals surface area (Å²) in [6.45, 7) is 0.817. The van der Waals surface area contributed by atoms with Crippen LogP contribution in [-0.4, -0.2) is 18.7 Å². The van der Waals surface area contributed by atoms with Crippen molar-refractivity contribution in [2.45, 2.75) is 19.0 Å². The van der Waals surface area contributed by atoms with E-state index in [1.807, 2.05) is 24.3 Å².